The smallest absolute Gasteiger partial charge is 0.340 e. The van der Waals surface area contributed by atoms with Crippen LogP contribution in [0.1, 0.15) is 33.2 Å². The van der Waals surface area contributed by atoms with Crippen LogP contribution in [0.5, 0.6) is 0 Å². The molecule has 0 unspecified atom stereocenters. The minimum atomic E-state index is -0.420. The summed E-state index contributed by atoms with van der Waals surface area (Å²) in [6, 6.07) is 13.9. The highest BCUT2D eigenvalue weighted by Gasteiger charge is 2.13. The molecular formula is C21H20N4O3. The van der Waals surface area contributed by atoms with Gasteiger partial charge in [-0.1, -0.05) is 12.1 Å². The van der Waals surface area contributed by atoms with Crippen LogP contribution in [-0.4, -0.2) is 28.5 Å². The molecule has 0 spiro atoms. The molecule has 3 rings (SSSR count). The molecular weight excluding hydrogens is 356 g/mol. The number of ether oxygens (including phenoxy) is 1. The molecule has 7 nitrogen and oxygen atoms in total. The Hall–Kier alpha value is -3.74. The van der Waals surface area contributed by atoms with E-state index in [0.717, 1.165) is 5.56 Å². The summed E-state index contributed by atoms with van der Waals surface area (Å²) in [5.41, 5.74) is 2.38. The molecule has 3 aromatic rings. The van der Waals surface area contributed by atoms with E-state index in [-0.39, 0.29) is 5.91 Å². The summed E-state index contributed by atoms with van der Waals surface area (Å²) < 4.78 is 5.07. The van der Waals surface area contributed by atoms with Gasteiger partial charge >= 0.3 is 5.97 Å². The second kappa shape index (κ2) is 9.27. The number of hydrogen-bond acceptors (Lipinski definition) is 6. The largest absolute Gasteiger partial charge is 0.462 e. The van der Waals surface area contributed by atoms with Crippen LogP contribution in [0.15, 0.2) is 67.1 Å². The molecule has 2 aromatic heterocycles. The summed E-state index contributed by atoms with van der Waals surface area (Å²) in [5.74, 6) is -0.189. The van der Waals surface area contributed by atoms with Gasteiger partial charge in [-0.25, -0.2) is 9.78 Å². The lowest BCUT2D eigenvalue weighted by atomic mass is 10.1. The minimum Gasteiger partial charge on any atom is -0.462 e. The second-order valence-corrected chi connectivity index (χ2v) is 5.86. The lowest BCUT2D eigenvalue weighted by molar-refractivity contribution is 0.0527. The van der Waals surface area contributed by atoms with Crippen molar-refractivity contribution in [2.45, 2.75) is 13.5 Å². The van der Waals surface area contributed by atoms with Crippen LogP contribution in [0, 0.1) is 0 Å². The summed E-state index contributed by atoms with van der Waals surface area (Å²) in [6.45, 7) is 2.44. The van der Waals surface area contributed by atoms with Crippen molar-refractivity contribution in [1.82, 2.24) is 15.3 Å². The van der Waals surface area contributed by atoms with Gasteiger partial charge in [-0.2, -0.15) is 0 Å². The van der Waals surface area contributed by atoms with Crippen LogP contribution in [0.2, 0.25) is 0 Å². The Kier molecular flexibility index (Phi) is 6.30. The molecule has 0 saturated heterocycles. The summed E-state index contributed by atoms with van der Waals surface area (Å²) >= 11 is 0. The Morgan fingerprint density at radius 3 is 2.61 bits per heavy atom. The van der Waals surface area contributed by atoms with Crippen LogP contribution >= 0.6 is 0 Å². The van der Waals surface area contributed by atoms with Gasteiger partial charge in [0, 0.05) is 30.7 Å². The molecule has 0 radical (unpaired) electrons. The van der Waals surface area contributed by atoms with Gasteiger partial charge < -0.3 is 15.4 Å². The Morgan fingerprint density at radius 2 is 1.82 bits per heavy atom. The molecule has 0 fully saturated rings. The lowest BCUT2D eigenvalue weighted by Crippen LogP contribution is -2.22. The van der Waals surface area contributed by atoms with Gasteiger partial charge in [0.1, 0.15) is 5.82 Å². The maximum atomic E-state index is 12.4. The fourth-order valence-corrected chi connectivity index (χ4v) is 2.54. The first-order chi connectivity index (χ1) is 13.7. The van der Waals surface area contributed by atoms with Crippen molar-refractivity contribution >= 4 is 23.4 Å². The predicted molar refractivity (Wildman–Crippen MR) is 105 cm³/mol. The average molecular weight is 376 g/mol. The van der Waals surface area contributed by atoms with Crippen LogP contribution in [0.4, 0.5) is 11.5 Å². The molecule has 2 N–H and O–H groups in total. The van der Waals surface area contributed by atoms with Gasteiger partial charge in [0.25, 0.3) is 5.91 Å². The van der Waals surface area contributed by atoms with E-state index in [1.54, 1.807) is 55.7 Å². The van der Waals surface area contributed by atoms with Gasteiger partial charge in [-0.15, -0.1) is 0 Å². The first-order valence-corrected chi connectivity index (χ1v) is 8.83. The number of amides is 1. The molecule has 0 aliphatic heterocycles. The molecule has 2 heterocycles. The third kappa shape index (κ3) is 4.91. The van der Waals surface area contributed by atoms with Gasteiger partial charge in [-0.05, 0) is 48.9 Å². The molecule has 142 valence electrons. The fourth-order valence-electron chi connectivity index (χ4n) is 2.54. The van der Waals surface area contributed by atoms with E-state index in [2.05, 4.69) is 20.6 Å². The summed E-state index contributed by atoms with van der Waals surface area (Å²) in [4.78, 5) is 32.7. The lowest BCUT2D eigenvalue weighted by Gasteiger charge is -2.11. The van der Waals surface area contributed by atoms with E-state index in [1.165, 1.54) is 6.20 Å². The summed E-state index contributed by atoms with van der Waals surface area (Å²) in [6.07, 6.45) is 4.89. The summed E-state index contributed by atoms with van der Waals surface area (Å²) in [7, 11) is 0. The third-order valence-electron chi connectivity index (χ3n) is 3.91. The number of carbonyl (C=O) groups is 2. The number of carbonyl (C=O) groups excluding carboxylic acids is 2. The Balaban J connectivity index is 1.72. The number of benzene rings is 1. The van der Waals surface area contributed by atoms with Crippen molar-refractivity contribution in [2.75, 3.05) is 11.9 Å². The predicted octanol–water partition coefficient (Wildman–Crippen LogP) is 3.33. The third-order valence-corrected chi connectivity index (χ3v) is 3.91. The van der Waals surface area contributed by atoms with Crippen molar-refractivity contribution in [1.29, 1.82) is 0 Å². The van der Waals surface area contributed by atoms with Gasteiger partial charge in [0.05, 0.1) is 17.9 Å². The van der Waals surface area contributed by atoms with Gasteiger partial charge in [-0.3, -0.25) is 9.78 Å². The molecule has 28 heavy (non-hydrogen) atoms. The van der Waals surface area contributed by atoms with E-state index in [0.29, 0.717) is 35.8 Å². The Labute approximate surface area is 162 Å². The fraction of sp³-hybridized carbons (Fsp3) is 0.143. The second-order valence-electron chi connectivity index (χ2n) is 5.86. The molecule has 0 aliphatic carbocycles. The number of rotatable bonds is 7. The quantitative estimate of drug-likeness (QED) is 0.615. The van der Waals surface area contributed by atoms with Crippen molar-refractivity contribution < 1.29 is 14.3 Å². The Bertz CT molecular complexity index is 961. The Morgan fingerprint density at radius 1 is 1.04 bits per heavy atom. The zero-order valence-corrected chi connectivity index (χ0v) is 15.4. The van der Waals surface area contributed by atoms with Crippen LogP contribution in [0.3, 0.4) is 0 Å². The SMILES string of the molecule is CCOC(=O)c1ccccc1Nc1cc(C(=O)NCc2ccncc2)ccn1. The van der Waals surface area contributed by atoms with Gasteiger partial charge in [0.15, 0.2) is 0 Å². The van der Waals surface area contributed by atoms with Crippen LogP contribution in [-0.2, 0) is 11.3 Å². The number of para-hydroxylation sites is 1. The molecule has 0 bridgehead atoms. The molecule has 1 amide bonds. The monoisotopic (exact) mass is 376 g/mol. The van der Waals surface area contributed by atoms with E-state index < -0.39 is 5.97 Å². The molecule has 1 aromatic carbocycles. The normalized spacial score (nSPS) is 10.2. The highest BCUT2D eigenvalue weighted by atomic mass is 16.5. The number of nitrogens with one attached hydrogen (secondary N) is 2. The highest BCUT2D eigenvalue weighted by molar-refractivity contribution is 5.97. The first kappa shape index (κ1) is 19.0. The topological polar surface area (TPSA) is 93.2 Å². The number of hydrogen-bond donors (Lipinski definition) is 2. The number of pyridine rings is 2. The number of anilines is 2. The number of nitrogens with zero attached hydrogens (tertiary/aromatic N) is 2. The maximum Gasteiger partial charge on any atom is 0.340 e. The zero-order chi connectivity index (χ0) is 19.8. The van der Waals surface area contributed by atoms with Gasteiger partial charge in [0.2, 0.25) is 0 Å². The zero-order valence-electron chi connectivity index (χ0n) is 15.4. The van der Waals surface area contributed by atoms with E-state index in [9.17, 15) is 9.59 Å². The van der Waals surface area contributed by atoms with E-state index in [1.807, 2.05) is 12.1 Å². The first-order valence-electron chi connectivity index (χ1n) is 8.83. The minimum absolute atomic E-state index is 0.221. The highest BCUT2D eigenvalue weighted by Crippen LogP contribution is 2.21. The van der Waals surface area contributed by atoms with Crippen molar-refractivity contribution in [3.05, 3.63) is 83.8 Å². The van der Waals surface area contributed by atoms with E-state index in [4.69, 9.17) is 4.74 Å². The van der Waals surface area contributed by atoms with Crippen molar-refractivity contribution in [3.8, 4) is 0 Å². The van der Waals surface area contributed by atoms with E-state index >= 15 is 0 Å². The molecule has 0 saturated carbocycles. The van der Waals surface area contributed by atoms with Crippen molar-refractivity contribution in [3.63, 3.8) is 0 Å². The molecule has 7 heteroatoms. The number of aromatic nitrogens is 2. The molecule has 0 aliphatic rings. The average Bonchev–Trinajstić information content (AvgIpc) is 2.73. The number of esters is 1. The van der Waals surface area contributed by atoms with Crippen LogP contribution < -0.4 is 10.6 Å². The maximum absolute atomic E-state index is 12.4. The van der Waals surface area contributed by atoms with Crippen molar-refractivity contribution in [2.24, 2.45) is 0 Å². The standard InChI is InChI=1S/C21H20N4O3/c1-2-28-21(27)17-5-3-4-6-18(17)25-19-13-16(9-12-23-19)20(26)24-14-15-7-10-22-11-8-15/h3-13H,2,14H2,1H3,(H,23,25)(H,24,26). The summed E-state index contributed by atoms with van der Waals surface area (Å²) in [5, 5.41) is 5.94. The van der Waals surface area contributed by atoms with Crippen LogP contribution in [0.25, 0.3) is 0 Å². The molecule has 0 atom stereocenters.